The Morgan fingerprint density at radius 2 is 2.03 bits per heavy atom. The Morgan fingerprint density at radius 1 is 1.19 bits per heavy atom. The molecule has 0 spiro atoms. The molecule has 0 saturated carbocycles. The minimum Gasteiger partial charge on any atom is -0.486 e. The third-order valence-corrected chi connectivity index (χ3v) is 7.68. The molecule has 3 heterocycles. The van der Waals surface area contributed by atoms with Gasteiger partial charge in [-0.05, 0) is 68.3 Å². The maximum atomic E-state index is 12.7. The molecule has 1 atom stereocenters. The number of rotatable bonds is 5. The number of fused-ring (bicyclic) bond motifs is 2. The Balaban J connectivity index is 1.22. The first-order valence-corrected chi connectivity index (χ1v) is 12.0. The van der Waals surface area contributed by atoms with E-state index in [2.05, 4.69) is 28.4 Å². The van der Waals surface area contributed by atoms with E-state index in [9.17, 15) is 10.1 Å². The lowest BCUT2D eigenvalue weighted by Crippen LogP contribution is -2.28. The first-order valence-electron chi connectivity index (χ1n) is 11.2. The Hall–Kier alpha value is -2.56. The zero-order valence-corrected chi connectivity index (χ0v) is 18.4. The molecule has 0 radical (unpaired) electrons. The summed E-state index contributed by atoms with van der Waals surface area (Å²) in [5, 5.41) is 13.4. The van der Waals surface area contributed by atoms with Crippen LogP contribution in [0.25, 0.3) is 0 Å². The SMILES string of the molecule is N#Cc1c(NC(=O)CCN2CCC[C@@H]2c2ccc3c(c2)OCCO3)sc2c1CCCC2. The number of nitrogens with one attached hydrogen (secondary N) is 1. The number of ether oxygens (including phenoxy) is 2. The summed E-state index contributed by atoms with van der Waals surface area (Å²) in [6, 6.07) is 8.82. The van der Waals surface area contributed by atoms with E-state index in [0.29, 0.717) is 37.8 Å². The highest BCUT2D eigenvalue weighted by Crippen LogP contribution is 2.39. The van der Waals surface area contributed by atoms with E-state index in [1.165, 1.54) is 16.9 Å². The summed E-state index contributed by atoms with van der Waals surface area (Å²) in [5.41, 5.74) is 3.07. The Bertz CT molecular complexity index is 1030. The average Bonchev–Trinajstić information content (AvgIpc) is 3.41. The summed E-state index contributed by atoms with van der Waals surface area (Å²) in [6.07, 6.45) is 6.90. The second-order valence-corrected chi connectivity index (χ2v) is 9.53. The van der Waals surface area contributed by atoms with Crippen molar-refractivity contribution in [1.82, 2.24) is 4.90 Å². The summed E-state index contributed by atoms with van der Waals surface area (Å²) in [6.45, 7) is 2.88. The van der Waals surface area contributed by atoms with Gasteiger partial charge in [0.25, 0.3) is 0 Å². The molecule has 1 aromatic heterocycles. The fraction of sp³-hybridized carbons (Fsp3) is 0.500. The van der Waals surface area contributed by atoms with Crippen LogP contribution >= 0.6 is 11.3 Å². The predicted molar refractivity (Wildman–Crippen MR) is 120 cm³/mol. The van der Waals surface area contributed by atoms with E-state index in [0.717, 1.165) is 60.7 Å². The van der Waals surface area contributed by atoms with E-state index in [-0.39, 0.29) is 5.91 Å². The molecule has 7 heteroatoms. The number of hydrogen-bond donors (Lipinski definition) is 1. The van der Waals surface area contributed by atoms with Crippen molar-refractivity contribution in [3.05, 3.63) is 39.8 Å². The van der Waals surface area contributed by atoms with Gasteiger partial charge in [0.1, 0.15) is 24.3 Å². The largest absolute Gasteiger partial charge is 0.486 e. The van der Waals surface area contributed by atoms with E-state index in [1.807, 2.05) is 6.07 Å². The standard InChI is InChI=1S/C24H27N3O3S/c25-15-18-17-4-1-2-6-22(17)31-24(18)26-23(28)9-11-27-10-3-5-19(27)16-7-8-20-21(14-16)30-13-12-29-20/h7-8,14,19H,1-6,9-13H2,(H,26,28)/t19-/m1/s1. The van der Waals surface area contributed by atoms with Gasteiger partial charge in [0, 0.05) is 23.9 Å². The van der Waals surface area contributed by atoms with Crippen LogP contribution in [0.2, 0.25) is 0 Å². The number of anilines is 1. The third kappa shape index (κ3) is 4.15. The molecular weight excluding hydrogens is 410 g/mol. The van der Waals surface area contributed by atoms with E-state index >= 15 is 0 Å². The lowest BCUT2D eigenvalue weighted by atomic mass is 9.96. The molecule has 1 aromatic carbocycles. The zero-order chi connectivity index (χ0) is 21.2. The van der Waals surface area contributed by atoms with E-state index in [4.69, 9.17) is 9.47 Å². The van der Waals surface area contributed by atoms with Crippen molar-refractivity contribution in [3.63, 3.8) is 0 Å². The van der Waals surface area contributed by atoms with Gasteiger partial charge < -0.3 is 14.8 Å². The van der Waals surface area contributed by atoms with Crippen LogP contribution in [0.1, 0.15) is 59.7 Å². The smallest absolute Gasteiger partial charge is 0.226 e. The van der Waals surface area contributed by atoms with Crippen LogP contribution < -0.4 is 14.8 Å². The fourth-order valence-corrected chi connectivity index (χ4v) is 6.20. The van der Waals surface area contributed by atoms with Gasteiger partial charge in [-0.25, -0.2) is 0 Å². The van der Waals surface area contributed by atoms with Gasteiger partial charge in [-0.15, -0.1) is 11.3 Å². The number of nitriles is 1. The molecule has 5 rings (SSSR count). The van der Waals surface area contributed by atoms with Crippen molar-refractivity contribution < 1.29 is 14.3 Å². The summed E-state index contributed by atoms with van der Waals surface area (Å²) in [5.74, 6) is 1.62. The quantitative estimate of drug-likeness (QED) is 0.749. The van der Waals surface area contributed by atoms with Crippen molar-refractivity contribution in [2.24, 2.45) is 0 Å². The van der Waals surface area contributed by atoms with Crippen LogP contribution in [0.4, 0.5) is 5.00 Å². The maximum absolute atomic E-state index is 12.7. The Morgan fingerprint density at radius 3 is 2.90 bits per heavy atom. The molecule has 6 nitrogen and oxygen atoms in total. The summed E-state index contributed by atoms with van der Waals surface area (Å²) in [4.78, 5) is 16.4. The third-order valence-electron chi connectivity index (χ3n) is 6.48. The number of likely N-dealkylation sites (tertiary alicyclic amines) is 1. The lowest BCUT2D eigenvalue weighted by Gasteiger charge is -2.26. The van der Waals surface area contributed by atoms with Gasteiger partial charge in [0.15, 0.2) is 11.5 Å². The molecule has 0 unspecified atom stereocenters. The summed E-state index contributed by atoms with van der Waals surface area (Å²) < 4.78 is 11.4. The molecule has 1 amide bonds. The van der Waals surface area contributed by atoms with E-state index in [1.54, 1.807) is 11.3 Å². The van der Waals surface area contributed by atoms with Gasteiger partial charge in [0.05, 0.1) is 5.56 Å². The number of carbonyl (C=O) groups is 1. The van der Waals surface area contributed by atoms with Crippen molar-refractivity contribution in [2.45, 2.75) is 51.0 Å². The monoisotopic (exact) mass is 437 g/mol. The normalized spacial score (nSPS) is 20.2. The molecule has 1 saturated heterocycles. The molecule has 1 aliphatic carbocycles. The van der Waals surface area contributed by atoms with Gasteiger partial charge in [0.2, 0.25) is 5.91 Å². The fourth-order valence-electron chi connectivity index (χ4n) is 4.94. The highest BCUT2D eigenvalue weighted by molar-refractivity contribution is 7.16. The maximum Gasteiger partial charge on any atom is 0.226 e. The number of amides is 1. The number of aryl methyl sites for hydroxylation is 1. The van der Waals surface area contributed by atoms with Crippen molar-refractivity contribution in [3.8, 4) is 17.6 Å². The minimum absolute atomic E-state index is 0.0112. The molecule has 0 bridgehead atoms. The highest BCUT2D eigenvalue weighted by Gasteiger charge is 2.28. The van der Waals surface area contributed by atoms with Gasteiger partial charge in [-0.1, -0.05) is 6.07 Å². The van der Waals surface area contributed by atoms with Crippen LogP contribution in [-0.2, 0) is 17.6 Å². The lowest BCUT2D eigenvalue weighted by molar-refractivity contribution is -0.116. The Kier molecular flexibility index (Phi) is 5.84. The first kappa shape index (κ1) is 20.3. The molecular formula is C24H27N3O3S. The molecule has 3 aliphatic rings. The number of hydrogen-bond acceptors (Lipinski definition) is 6. The molecule has 1 fully saturated rings. The van der Waals surface area contributed by atoms with Gasteiger partial charge in [-0.2, -0.15) is 5.26 Å². The summed E-state index contributed by atoms with van der Waals surface area (Å²) >= 11 is 1.59. The zero-order valence-electron chi connectivity index (χ0n) is 17.6. The predicted octanol–water partition coefficient (Wildman–Crippen LogP) is 4.44. The second-order valence-electron chi connectivity index (χ2n) is 8.42. The van der Waals surface area contributed by atoms with E-state index < -0.39 is 0 Å². The molecule has 31 heavy (non-hydrogen) atoms. The van der Waals surface area contributed by atoms with Crippen LogP contribution in [0.15, 0.2) is 18.2 Å². The highest BCUT2D eigenvalue weighted by atomic mass is 32.1. The second kappa shape index (κ2) is 8.89. The minimum atomic E-state index is -0.0112. The van der Waals surface area contributed by atoms with Crippen molar-refractivity contribution in [1.29, 1.82) is 5.26 Å². The molecule has 2 aliphatic heterocycles. The first-order chi connectivity index (χ1) is 15.2. The summed E-state index contributed by atoms with van der Waals surface area (Å²) in [7, 11) is 0. The number of nitrogens with zero attached hydrogens (tertiary/aromatic N) is 2. The van der Waals surface area contributed by atoms with Crippen molar-refractivity contribution in [2.75, 3.05) is 31.6 Å². The average molecular weight is 438 g/mol. The van der Waals surface area contributed by atoms with Crippen LogP contribution in [-0.4, -0.2) is 37.1 Å². The van der Waals surface area contributed by atoms with Crippen LogP contribution in [0.3, 0.4) is 0 Å². The topological polar surface area (TPSA) is 74.6 Å². The molecule has 162 valence electrons. The van der Waals surface area contributed by atoms with Crippen LogP contribution in [0.5, 0.6) is 11.5 Å². The Labute approximate surface area is 186 Å². The number of thiophene rings is 1. The van der Waals surface area contributed by atoms with Gasteiger partial charge in [-0.3, -0.25) is 9.69 Å². The molecule has 2 aromatic rings. The van der Waals surface area contributed by atoms with Crippen molar-refractivity contribution >= 4 is 22.2 Å². The number of carbonyl (C=O) groups excluding carboxylic acids is 1. The number of benzene rings is 1. The van der Waals surface area contributed by atoms with Gasteiger partial charge >= 0.3 is 0 Å². The van der Waals surface area contributed by atoms with Crippen LogP contribution in [0, 0.1) is 11.3 Å². The molecule has 1 N–H and O–H groups in total.